The molecule has 3 rings (SSSR count). The van der Waals surface area contributed by atoms with E-state index in [1.54, 1.807) is 0 Å². The fourth-order valence-electron chi connectivity index (χ4n) is 3.11. The minimum Gasteiger partial charge on any atom is -0.388 e. The molecular formula is C17H21ClN4O. The molecule has 1 aliphatic heterocycles. The predicted molar refractivity (Wildman–Crippen MR) is 92.5 cm³/mol. The Hall–Kier alpha value is -1.85. The topological polar surface area (TPSA) is 75.3 Å². The summed E-state index contributed by atoms with van der Waals surface area (Å²) in [6.07, 6.45) is 1.37. The maximum atomic E-state index is 10.6. The van der Waals surface area contributed by atoms with Crippen molar-refractivity contribution in [3.8, 4) is 0 Å². The molecule has 23 heavy (non-hydrogen) atoms. The zero-order chi connectivity index (χ0) is 16.4. The number of hydrogen-bond donors (Lipinski definition) is 2. The van der Waals surface area contributed by atoms with Crippen molar-refractivity contribution >= 4 is 23.4 Å². The first-order valence-corrected chi connectivity index (χ1v) is 8.20. The fourth-order valence-corrected chi connectivity index (χ4v) is 3.24. The highest BCUT2D eigenvalue weighted by Gasteiger charge is 2.27. The molecule has 1 aromatic heterocycles. The van der Waals surface area contributed by atoms with Crippen molar-refractivity contribution in [3.63, 3.8) is 0 Å². The van der Waals surface area contributed by atoms with Crippen molar-refractivity contribution < 1.29 is 5.11 Å². The summed E-state index contributed by atoms with van der Waals surface area (Å²) >= 11 is 5.90. The minimum atomic E-state index is -0.452. The molecule has 3 N–H and O–H groups in total. The van der Waals surface area contributed by atoms with E-state index in [0.717, 1.165) is 43.0 Å². The van der Waals surface area contributed by atoms with Gasteiger partial charge in [-0.1, -0.05) is 23.7 Å². The Morgan fingerprint density at radius 3 is 2.48 bits per heavy atom. The maximum Gasteiger partial charge on any atom is 0.222 e. The van der Waals surface area contributed by atoms with E-state index in [2.05, 4.69) is 14.9 Å². The third kappa shape index (κ3) is 3.74. The van der Waals surface area contributed by atoms with Crippen LogP contribution in [0.3, 0.4) is 0 Å². The second-order valence-corrected chi connectivity index (χ2v) is 6.48. The molecule has 0 bridgehead atoms. The van der Waals surface area contributed by atoms with E-state index < -0.39 is 6.10 Å². The number of aryl methyl sites for hydroxylation is 1. The van der Waals surface area contributed by atoms with Crippen LogP contribution in [-0.4, -0.2) is 28.2 Å². The fraction of sp³-hybridized carbons (Fsp3) is 0.412. The quantitative estimate of drug-likeness (QED) is 0.903. The van der Waals surface area contributed by atoms with E-state index in [0.29, 0.717) is 11.0 Å². The molecule has 0 saturated carbocycles. The largest absolute Gasteiger partial charge is 0.388 e. The van der Waals surface area contributed by atoms with Crippen LogP contribution >= 0.6 is 11.6 Å². The summed E-state index contributed by atoms with van der Waals surface area (Å²) in [5.74, 6) is 1.42. The highest BCUT2D eigenvalue weighted by molar-refractivity contribution is 6.30. The Kier molecular flexibility index (Phi) is 4.68. The Morgan fingerprint density at radius 1 is 1.22 bits per heavy atom. The first-order chi connectivity index (χ1) is 11.0. The lowest BCUT2D eigenvalue weighted by molar-refractivity contribution is 0.0929. The zero-order valence-corrected chi connectivity index (χ0v) is 13.9. The van der Waals surface area contributed by atoms with Crippen molar-refractivity contribution in [1.29, 1.82) is 0 Å². The number of nitrogens with zero attached hydrogens (tertiary/aromatic N) is 3. The number of nitrogen functional groups attached to an aromatic ring is 1. The van der Waals surface area contributed by atoms with Crippen LogP contribution in [0.1, 0.15) is 30.2 Å². The third-order valence-electron chi connectivity index (χ3n) is 4.38. The summed E-state index contributed by atoms with van der Waals surface area (Å²) in [7, 11) is 0. The van der Waals surface area contributed by atoms with Crippen LogP contribution < -0.4 is 10.6 Å². The average Bonchev–Trinajstić information content (AvgIpc) is 2.54. The van der Waals surface area contributed by atoms with Gasteiger partial charge in [-0.05, 0) is 43.4 Å². The Bertz CT molecular complexity index is 649. The molecule has 1 unspecified atom stereocenters. The molecule has 0 aliphatic carbocycles. The molecule has 122 valence electrons. The average molecular weight is 333 g/mol. The van der Waals surface area contributed by atoms with Gasteiger partial charge in [0, 0.05) is 29.9 Å². The molecule has 6 heteroatoms. The predicted octanol–water partition coefficient (Wildman–Crippen LogP) is 2.97. The Labute approximate surface area is 141 Å². The Balaban J connectivity index is 1.64. The lowest BCUT2D eigenvalue weighted by Gasteiger charge is -2.35. The number of anilines is 2. The van der Waals surface area contributed by atoms with Gasteiger partial charge in [0.2, 0.25) is 5.95 Å². The van der Waals surface area contributed by atoms with Gasteiger partial charge in [-0.2, -0.15) is 4.98 Å². The van der Waals surface area contributed by atoms with Crippen LogP contribution in [0.2, 0.25) is 5.02 Å². The highest BCUT2D eigenvalue weighted by atomic mass is 35.5. The molecule has 2 heterocycles. The molecule has 1 atom stereocenters. The summed E-state index contributed by atoms with van der Waals surface area (Å²) in [6.45, 7) is 3.62. The number of rotatable bonds is 3. The van der Waals surface area contributed by atoms with Crippen LogP contribution in [-0.2, 0) is 0 Å². The molecule has 1 aromatic carbocycles. The van der Waals surface area contributed by atoms with E-state index in [-0.39, 0.29) is 5.92 Å². The van der Waals surface area contributed by atoms with Gasteiger partial charge >= 0.3 is 0 Å². The Morgan fingerprint density at radius 2 is 1.87 bits per heavy atom. The standard InChI is InChI=1S/C17H21ClN4O/c1-11-10-15(21-17(19)20-11)22-8-6-13(7-9-22)16(23)12-2-4-14(18)5-3-12/h2-5,10,13,16,23H,6-9H2,1H3,(H2,19,20,21). The number of halogens is 1. The number of aromatic nitrogens is 2. The van der Waals surface area contributed by atoms with Crippen molar-refractivity contribution in [1.82, 2.24) is 9.97 Å². The summed E-state index contributed by atoms with van der Waals surface area (Å²) in [4.78, 5) is 10.6. The van der Waals surface area contributed by atoms with Gasteiger partial charge in [-0.25, -0.2) is 4.98 Å². The van der Waals surface area contributed by atoms with Crippen LogP contribution in [0.5, 0.6) is 0 Å². The van der Waals surface area contributed by atoms with Gasteiger partial charge in [-0.3, -0.25) is 0 Å². The van der Waals surface area contributed by atoms with Crippen LogP contribution in [0, 0.1) is 12.8 Å². The SMILES string of the molecule is Cc1cc(N2CCC(C(O)c3ccc(Cl)cc3)CC2)nc(N)n1. The summed E-state index contributed by atoms with van der Waals surface area (Å²) in [6, 6.07) is 9.39. The lowest BCUT2D eigenvalue weighted by Crippen LogP contribution is -2.36. The monoisotopic (exact) mass is 332 g/mol. The lowest BCUT2D eigenvalue weighted by atomic mass is 9.87. The minimum absolute atomic E-state index is 0.243. The smallest absolute Gasteiger partial charge is 0.222 e. The number of hydrogen-bond acceptors (Lipinski definition) is 5. The van der Waals surface area contributed by atoms with E-state index in [1.807, 2.05) is 37.3 Å². The van der Waals surface area contributed by atoms with Crippen LogP contribution in [0.4, 0.5) is 11.8 Å². The number of benzene rings is 1. The van der Waals surface area contributed by atoms with E-state index in [1.165, 1.54) is 0 Å². The maximum absolute atomic E-state index is 10.6. The zero-order valence-electron chi connectivity index (χ0n) is 13.1. The molecule has 2 aromatic rings. The third-order valence-corrected chi connectivity index (χ3v) is 4.63. The number of aliphatic hydroxyl groups is 1. The number of aliphatic hydroxyl groups excluding tert-OH is 1. The molecule has 0 spiro atoms. The van der Waals surface area contributed by atoms with E-state index >= 15 is 0 Å². The van der Waals surface area contributed by atoms with Gasteiger partial charge in [0.1, 0.15) is 5.82 Å². The van der Waals surface area contributed by atoms with Crippen molar-refractivity contribution in [2.75, 3.05) is 23.7 Å². The second kappa shape index (κ2) is 6.72. The molecule has 1 aliphatic rings. The van der Waals surface area contributed by atoms with Crippen molar-refractivity contribution in [2.24, 2.45) is 5.92 Å². The van der Waals surface area contributed by atoms with Gasteiger partial charge < -0.3 is 15.7 Å². The normalized spacial score (nSPS) is 17.3. The van der Waals surface area contributed by atoms with E-state index in [9.17, 15) is 5.11 Å². The van der Waals surface area contributed by atoms with Crippen LogP contribution in [0.15, 0.2) is 30.3 Å². The van der Waals surface area contributed by atoms with Gasteiger partial charge in [0.25, 0.3) is 0 Å². The molecular weight excluding hydrogens is 312 g/mol. The van der Waals surface area contributed by atoms with Crippen molar-refractivity contribution in [3.05, 3.63) is 46.6 Å². The molecule has 0 radical (unpaired) electrons. The van der Waals surface area contributed by atoms with Gasteiger partial charge in [0.05, 0.1) is 6.10 Å². The molecule has 1 saturated heterocycles. The summed E-state index contributed by atoms with van der Waals surface area (Å²) in [5, 5.41) is 11.3. The molecule has 5 nitrogen and oxygen atoms in total. The summed E-state index contributed by atoms with van der Waals surface area (Å²) < 4.78 is 0. The number of piperidine rings is 1. The molecule has 1 fully saturated rings. The van der Waals surface area contributed by atoms with Crippen molar-refractivity contribution in [2.45, 2.75) is 25.9 Å². The first kappa shape index (κ1) is 16.0. The van der Waals surface area contributed by atoms with Gasteiger partial charge in [-0.15, -0.1) is 0 Å². The van der Waals surface area contributed by atoms with Gasteiger partial charge in [0.15, 0.2) is 0 Å². The second-order valence-electron chi connectivity index (χ2n) is 6.05. The van der Waals surface area contributed by atoms with Crippen LogP contribution in [0.25, 0.3) is 0 Å². The highest BCUT2D eigenvalue weighted by Crippen LogP contribution is 2.32. The number of nitrogens with two attached hydrogens (primary N) is 1. The molecule has 0 amide bonds. The summed E-state index contributed by atoms with van der Waals surface area (Å²) in [5.41, 5.74) is 7.53. The first-order valence-electron chi connectivity index (χ1n) is 7.82. The van der Waals surface area contributed by atoms with E-state index in [4.69, 9.17) is 17.3 Å².